The van der Waals surface area contributed by atoms with Gasteiger partial charge in [0.15, 0.2) is 5.82 Å². The number of hydrogen-bond donors (Lipinski definition) is 2. The number of anilines is 1. The Morgan fingerprint density at radius 1 is 0.943 bits per heavy atom. The van der Waals surface area contributed by atoms with Gasteiger partial charge in [0, 0.05) is 28.1 Å². The van der Waals surface area contributed by atoms with Gasteiger partial charge in [0.1, 0.15) is 0 Å². The first-order valence-corrected chi connectivity index (χ1v) is 12.4. The highest BCUT2D eigenvalue weighted by atomic mass is 16.5. The molecule has 1 fully saturated rings. The maximum atomic E-state index is 12.2. The van der Waals surface area contributed by atoms with E-state index in [-0.39, 0.29) is 17.4 Å². The van der Waals surface area contributed by atoms with E-state index in [2.05, 4.69) is 31.0 Å². The van der Waals surface area contributed by atoms with Crippen molar-refractivity contribution in [1.82, 2.24) is 25.7 Å². The average Bonchev–Trinajstić information content (AvgIpc) is 2.78. The fourth-order valence-electron chi connectivity index (χ4n) is 4.06. The van der Waals surface area contributed by atoms with Crippen LogP contribution in [0.3, 0.4) is 0 Å². The van der Waals surface area contributed by atoms with Crippen LogP contribution in [0.5, 0.6) is 0 Å². The second-order valence-corrected chi connectivity index (χ2v) is 11.3. The fraction of sp³-hybridized carbons (Fsp3) is 0.615. The van der Waals surface area contributed by atoms with Crippen molar-refractivity contribution < 1.29 is 14.3 Å². The van der Waals surface area contributed by atoms with Crippen molar-refractivity contribution in [3.8, 4) is 11.4 Å². The van der Waals surface area contributed by atoms with Crippen molar-refractivity contribution in [1.29, 1.82) is 0 Å². The molecule has 1 heterocycles. The molecule has 0 radical (unpaired) electrons. The van der Waals surface area contributed by atoms with E-state index in [1.54, 1.807) is 0 Å². The van der Waals surface area contributed by atoms with Crippen LogP contribution in [0.2, 0.25) is 0 Å². The number of hydrogen-bond acceptors (Lipinski definition) is 7. The van der Waals surface area contributed by atoms with E-state index in [4.69, 9.17) is 4.74 Å². The number of alkyl carbamates (subject to hydrolysis) is 1. The summed E-state index contributed by atoms with van der Waals surface area (Å²) in [6.07, 6.45) is 4.64. The van der Waals surface area contributed by atoms with Crippen LogP contribution in [0.4, 0.5) is 10.5 Å². The fourth-order valence-corrected chi connectivity index (χ4v) is 4.06. The topological polar surface area (TPSA) is 119 Å². The van der Waals surface area contributed by atoms with Gasteiger partial charge in [-0.2, -0.15) is 0 Å². The Balaban J connectivity index is 1.60. The summed E-state index contributed by atoms with van der Waals surface area (Å²) in [5.41, 5.74) is 0.712. The lowest BCUT2D eigenvalue weighted by atomic mass is 9.77. The summed E-state index contributed by atoms with van der Waals surface area (Å²) in [6.45, 7) is 11.7. The minimum Gasteiger partial charge on any atom is -0.450 e. The second-order valence-electron chi connectivity index (χ2n) is 11.3. The Bertz CT molecular complexity index is 994. The predicted octanol–water partition coefficient (Wildman–Crippen LogP) is 5.11. The zero-order valence-electron chi connectivity index (χ0n) is 21.7. The number of carbonyl (C=O) groups excluding carboxylic acids is 2. The Morgan fingerprint density at radius 2 is 1.57 bits per heavy atom. The molecule has 35 heavy (non-hydrogen) atoms. The van der Waals surface area contributed by atoms with E-state index in [1.165, 1.54) is 0 Å². The third-order valence-electron chi connectivity index (χ3n) is 6.02. The Kier molecular flexibility index (Phi) is 8.40. The highest BCUT2D eigenvalue weighted by Crippen LogP contribution is 2.38. The smallest absolute Gasteiger partial charge is 0.407 e. The number of rotatable bonds is 6. The van der Waals surface area contributed by atoms with Crippen molar-refractivity contribution in [3.63, 3.8) is 0 Å². The summed E-state index contributed by atoms with van der Waals surface area (Å²) >= 11 is 0. The molecule has 2 atom stereocenters. The van der Waals surface area contributed by atoms with Crippen LogP contribution in [-0.2, 0) is 9.53 Å². The molecular formula is C26H38N6O3. The van der Waals surface area contributed by atoms with Crippen molar-refractivity contribution in [2.24, 2.45) is 11.3 Å². The van der Waals surface area contributed by atoms with E-state index >= 15 is 0 Å². The van der Waals surface area contributed by atoms with Gasteiger partial charge in [-0.25, -0.2) is 4.79 Å². The van der Waals surface area contributed by atoms with E-state index < -0.39 is 11.5 Å². The van der Waals surface area contributed by atoms with Gasteiger partial charge in [-0.1, -0.05) is 33.6 Å². The molecule has 190 valence electrons. The molecule has 0 spiro atoms. The molecule has 2 N–H and O–H groups in total. The summed E-state index contributed by atoms with van der Waals surface area (Å²) in [5, 5.41) is 23.2. The third-order valence-corrected chi connectivity index (χ3v) is 6.02. The van der Waals surface area contributed by atoms with Crippen LogP contribution in [0.25, 0.3) is 11.4 Å². The lowest BCUT2D eigenvalue weighted by molar-refractivity contribution is -0.123. The molecule has 1 aliphatic rings. The molecule has 9 heteroatoms. The van der Waals surface area contributed by atoms with Crippen LogP contribution >= 0.6 is 0 Å². The van der Waals surface area contributed by atoms with E-state index in [0.29, 0.717) is 24.2 Å². The highest BCUT2D eigenvalue weighted by molar-refractivity contribution is 5.94. The zero-order chi connectivity index (χ0) is 25.6. The molecule has 3 rings (SSSR count). The molecule has 2 aromatic rings. The number of carbonyl (C=O) groups is 2. The quantitative estimate of drug-likeness (QED) is 0.587. The third kappa shape index (κ3) is 7.97. The molecule has 2 unspecified atom stereocenters. The van der Waals surface area contributed by atoms with Gasteiger partial charge in [0.25, 0.3) is 0 Å². The molecule has 0 bridgehead atoms. The van der Waals surface area contributed by atoms with Gasteiger partial charge in [-0.15, -0.1) is 20.4 Å². The van der Waals surface area contributed by atoms with Crippen molar-refractivity contribution >= 4 is 17.7 Å². The van der Waals surface area contributed by atoms with E-state index in [9.17, 15) is 9.59 Å². The van der Waals surface area contributed by atoms with Crippen LogP contribution in [-0.4, -0.2) is 44.5 Å². The number of nitrogens with zero attached hydrogens (tertiary/aromatic N) is 4. The minimum atomic E-state index is -0.465. The first-order chi connectivity index (χ1) is 16.4. The maximum Gasteiger partial charge on any atom is 0.407 e. The van der Waals surface area contributed by atoms with Gasteiger partial charge in [0.05, 0.1) is 6.61 Å². The van der Waals surface area contributed by atoms with E-state index in [0.717, 1.165) is 43.4 Å². The molecule has 1 aliphatic carbocycles. The molecule has 2 amide bonds. The normalized spacial score (nSPS) is 18.6. The summed E-state index contributed by atoms with van der Waals surface area (Å²) in [5.74, 6) is 1.52. The second kappa shape index (κ2) is 11.1. The largest absolute Gasteiger partial charge is 0.450 e. The number of amides is 2. The van der Waals surface area contributed by atoms with Crippen LogP contribution in [0, 0.1) is 11.3 Å². The highest BCUT2D eigenvalue weighted by Gasteiger charge is 2.30. The molecule has 0 saturated heterocycles. The summed E-state index contributed by atoms with van der Waals surface area (Å²) < 4.78 is 5.39. The number of aromatic nitrogens is 4. The zero-order valence-corrected chi connectivity index (χ0v) is 21.7. The lowest BCUT2D eigenvalue weighted by Gasteiger charge is -2.30. The average molecular weight is 483 g/mol. The molecule has 9 nitrogen and oxygen atoms in total. The van der Waals surface area contributed by atoms with Gasteiger partial charge in [-0.3, -0.25) is 4.79 Å². The van der Waals surface area contributed by atoms with Crippen molar-refractivity contribution in [3.05, 3.63) is 30.1 Å². The molecule has 1 aromatic carbocycles. The van der Waals surface area contributed by atoms with Crippen molar-refractivity contribution in [2.45, 2.75) is 85.1 Å². The van der Waals surface area contributed by atoms with Gasteiger partial charge in [0.2, 0.25) is 11.7 Å². The first-order valence-electron chi connectivity index (χ1n) is 12.4. The summed E-state index contributed by atoms with van der Waals surface area (Å²) in [7, 11) is 0. The van der Waals surface area contributed by atoms with Gasteiger partial charge < -0.3 is 15.4 Å². The molecular weight excluding hydrogens is 444 g/mol. The first kappa shape index (κ1) is 26.5. The Labute approximate surface area is 207 Å². The van der Waals surface area contributed by atoms with Crippen LogP contribution < -0.4 is 10.6 Å². The summed E-state index contributed by atoms with van der Waals surface area (Å²) in [6, 6.07) is 7.34. The van der Waals surface area contributed by atoms with E-state index in [1.807, 2.05) is 65.8 Å². The van der Waals surface area contributed by atoms with Crippen LogP contribution in [0.15, 0.2) is 24.3 Å². The number of ether oxygens (including phenoxy) is 1. The molecule has 1 saturated carbocycles. The van der Waals surface area contributed by atoms with Gasteiger partial charge >= 0.3 is 6.09 Å². The molecule has 0 aliphatic heterocycles. The Hall–Kier alpha value is -3.10. The Morgan fingerprint density at radius 3 is 2.17 bits per heavy atom. The SMILES string of the molecule is CC(C)(C)NC(=O)OCCC1CCCCC1c1nnc(-c2ccc(NC(=O)C(C)(C)C)cc2)nn1. The van der Waals surface area contributed by atoms with Gasteiger partial charge in [-0.05, 0) is 70.2 Å². The predicted molar refractivity (Wildman–Crippen MR) is 135 cm³/mol. The number of nitrogens with one attached hydrogen (secondary N) is 2. The van der Waals surface area contributed by atoms with Crippen molar-refractivity contribution in [2.75, 3.05) is 11.9 Å². The van der Waals surface area contributed by atoms with Crippen LogP contribution in [0.1, 0.15) is 85.4 Å². The lowest BCUT2D eigenvalue weighted by Crippen LogP contribution is -2.41. The monoisotopic (exact) mass is 482 g/mol. The number of benzene rings is 1. The standard InChI is InChI=1S/C26H38N6O3/c1-25(2,3)23(33)27-19-13-11-18(12-14-19)21-29-31-22(32-30-21)20-10-8-7-9-17(20)15-16-35-24(34)28-26(4,5)6/h11-14,17,20H,7-10,15-16H2,1-6H3,(H,27,33)(H,28,34). The maximum absolute atomic E-state index is 12.2. The molecule has 1 aromatic heterocycles. The minimum absolute atomic E-state index is 0.0450. The summed E-state index contributed by atoms with van der Waals surface area (Å²) in [4.78, 5) is 24.1.